The van der Waals surface area contributed by atoms with Crippen LogP contribution in [-0.4, -0.2) is 46.7 Å². The molecule has 1 amide bonds. The van der Waals surface area contributed by atoms with Crippen molar-refractivity contribution in [2.75, 3.05) is 18.8 Å². The van der Waals surface area contributed by atoms with E-state index in [1.54, 1.807) is 4.90 Å². The number of hydrogen-bond donors (Lipinski definition) is 0. The van der Waals surface area contributed by atoms with Crippen molar-refractivity contribution >= 4 is 23.8 Å². The minimum Gasteiger partial charge on any atom is -0.549 e. The molecular formula is C10H16LiNO4S. The number of carboxylic acid groups (broad SMARTS) is 1. The van der Waals surface area contributed by atoms with Gasteiger partial charge in [-0.05, 0) is 20.8 Å². The second kappa shape index (κ2) is 6.57. The maximum Gasteiger partial charge on any atom is 1.00 e. The Bertz CT molecular complexity index is 287. The van der Waals surface area contributed by atoms with E-state index in [0.29, 0.717) is 13.1 Å². The third-order valence-corrected chi connectivity index (χ3v) is 3.11. The third kappa shape index (κ3) is 6.25. The van der Waals surface area contributed by atoms with Gasteiger partial charge in [0.05, 0.1) is 5.97 Å². The number of hydrogen-bond acceptors (Lipinski definition) is 5. The average Bonchev–Trinajstić information content (AvgIpc) is 1.96. The summed E-state index contributed by atoms with van der Waals surface area (Å²) >= 11 is 1.30. The molecule has 0 spiro atoms. The summed E-state index contributed by atoms with van der Waals surface area (Å²) in [5.74, 6) is -1.09. The van der Waals surface area contributed by atoms with Crippen molar-refractivity contribution in [2.45, 2.75) is 31.6 Å². The Morgan fingerprint density at radius 1 is 1.41 bits per heavy atom. The molecule has 92 valence electrons. The van der Waals surface area contributed by atoms with Gasteiger partial charge in [0.1, 0.15) is 5.60 Å². The average molecular weight is 253 g/mol. The number of likely N-dealkylation sites (tertiary alicyclic amines) is 1. The van der Waals surface area contributed by atoms with Crippen molar-refractivity contribution in [1.82, 2.24) is 4.90 Å². The molecule has 1 saturated heterocycles. The quantitative estimate of drug-likeness (QED) is 0.504. The molecule has 0 bridgehead atoms. The summed E-state index contributed by atoms with van der Waals surface area (Å²) in [5, 5.41) is 10.4. The summed E-state index contributed by atoms with van der Waals surface area (Å²) in [6.45, 7) is 6.53. The van der Waals surface area contributed by atoms with E-state index < -0.39 is 11.6 Å². The Labute approximate surface area is 117 Å². The largest absolute Gasteiger partial charge is 1.00 e. The van der Waals surface area contributed by atoms with Crippen molar-refractivity contribution in [3.8, 4) is 0 Å². The third-order valence-electron chi connectivity index (χ3n) is 1.94. The molecule has 0 saturated carbocycles. The molecule has 0 aromatic rings. The molecule has 0 aromatic carbocycles. The van der Waals surface area contributed by atoms with Crippen molar-refractivity contribution in [2.24, 2.45) is 0 Å². The number of ether oxygens (including phenoxy) is 1. The molecule has 1 fully saturated rings. The summed E-state index contributed by atoms with van der Waals surface area (Å²) < 4.78 is 5.16. The van der Waals surface area contributed by atoms with Crippen molar-refractivity contribution in [3.05, 3.63) is 0 Å². The van der Waals surface area contributed by atoms with E-state index >= 15 is 0 Å². The standard InChI is InChI=1S/C10H17NO4S.Li/c1-10(2,3)15-9(14)11-4-7(5-11)16-6-8(12)13;/h7H,4-6H2,1-3H3,(H,12,13);/q;+1/p-1. The van der Waals surface area contributed by atoms with E-state index in [9.17, 15) is 14.7 Å². The fourth-order valence-corrected chi connectivity index (χ4v) is 2.15. The number of carbonyl (C=O) groups excluding carboxylic acids is 2. The summed E-state index contributed by atoms with van der Waals surface area (Å²) in [5.41, 5.74) is -0.486. The number of nitrogens with zero attached hydrogens (tertiary/aromatic N) is 1. The van der Waals surface area contributed by atoms with Crippen LogP contribution in [0.4, 0.5) is 4.79 Å². The summed E-state index contributed by atoms with van der Waals surface area (Å²) in [4.78, 5) is 23.3. The number of carbonyl (C=O) groups is 2. The smallest absolute Gasteiger partial charge is 0.549 e. The zero-order valence-electron chi connectivity index (χ0n) is 10.7. The van der Waals surface area contributed by atoms with Gasteiger partial charge in [0.25, 0.3) is 0 Å². The predicted octanol–water partition coefficient (Wildman–Crippen LogP) is -2.91. The van der Waals surface area contributed by atoms with Gasteiger partial charge >= 0.3 is 25.0 Å². The molecule has 0 aliphatic carbocycles. The monoisotopic (exact) mass is 253 g/mol. The van der Waals surface area contributed by atoms with Gasteiger partial charge in [-0.2, -0.15) is 0 Å². The van der Waals surface area contributed by atoms with Crippen LogP contribution in [0, 0.1) is 0 Å². The van der Waals surface area contributed by atoms with Crippen molar-refractivity contribution in [3.63, 3.8) is 0 Å². The first-order valence-corrected chi connectivity index (χ1v) is 6.12. The van der Waals surface area contributed by atoms with E-state index in [2.05, 4.69) is 0 Å². The molecule has 17 heavy (non-hydrogen) atoms. The molecule has 0 unspecified atom stereocenters. The first-order valence-electron chi connectivity index (χ1n) is 5.07. The van der Waals surface area contributed by atoms with Gasteiger partial charge in [0, 0.05) is 24.1 Å². The molecule has 0 aromatic heterocycles. The molecule has 1 aliphatic rings. The second-order valence-electron chi connectivity index (χ2n) is 4.69. The Kier molecular flexibility index (Phi) is 6.45. The maximum absolute atomic E-state index is 11.5. The predicted molar refractivity (Wildman–Crippen MR) is 59.1 cm³/mol. The van der Waals surface area contributed by atoms with Gasteiger partial charge in [-0.25, -0.2) is 4.79 Å². The van der Waals surface area contributed by atoms with Crippen molar-refractivity contribution < 1.29 is 38.3 Å². The van der Waals surface area contributed by atoms with Gasteiger partial charge < -0.3 is 19.5 Å². The van der Waals surface area contributed by atoms with Crippen LogP contribution in [-0.2, 0) is 9.53 Å². The zero-order chi connectivity index (χ0) is 12.3. The number of thioether (sulfide) groups is 1. The molecule has 1 rings (SSSR count). The summed E-state index contributed by atoms with van der Waals surface area (Å²) in [6.07, 6.45) is -0.335. The maximum atomic E-state index is 11.5. The van der Waals surface area contributed by atoms with E-state index in [4.69, 9.17) is 4.74 Å². The SMILES string of the molecule is CC(C)(C)OC(=O)N1CC(SCC(=O)[O-])C1.[Li+]. The number of rotatable bonds is 3. The fraction of sp³-hybridized carbons (Fsp3) is 0.800. The summed E-state index contributed by atoms with van der Waals surface area (Å²) in [6, 6.07) is 0. The molecule has 1 heterocycles. The molecule has 0 N–H and O–H groups in total. The first-order chi connectivity index (χ1) is 7.28. The Morgan fingerprint density at radius 2 is 1.94 bits per heavy atom. The molecular weight excluding hydrogens is 237 g/mol. The normalized spacial score (nSPS) is 15.8. The number of carboxylic acids is 1. The summed E-state index contributed by atoms with van der Waals surface area (Å²) in [7, 11) is 0. The first kappa shape index (κ1) is 16.7. The molecule has 7 heteroatoms. The minimum atomic E-state index is -1.07. The van der Waals surface area contributed by atoms with E-state index in [1.807, 2.05) is 20.8 Å². The van der Waals surface area contributed by atoms with Crippen LogP contribution in [0.15, 0.2) is 0 Å². The van der Waals surface area contributed by atoms with Gasteiger partial charge in [-0.1, -0.05) is 0 Å². The van der Waals surface area contributed by atoms with Gasteiger partial charge in [-0.15, -0.1) is 11.8 Å². The molecule has 1 aliphatic heterocycles. The number of aliphatic carboxylic acids is 1. The minimum absolute atomic E-state index is 0. The zero-order valence-corrected chi connectivity index (χ0v) is 11.5. The fourth-order valence-electron chi connectivity index (χ4n) is 1.20. The van der Waals surface area contributed by atoms with E-state index in [0.717, 1.165) is 0 Å². The van der Waals surface area contributed by atoms with Crippen LogP contribution in [0.25, 0.3) is 0 Å². The number of amides is 1. The van der Waals surface area contributed by atoms with Gasteiger partial charge in [0.15, 0.2) is 0 Å². The van der Waals surface area contributed by atoms with Crippen LogP contribution in [0.2, 0.25) is 0 Å². The van der Waals surface area contributed by atoms with Crippen LogP contribution >= 0.6 is 11.8 Å². The topological polar surface area (TPSA) is 69.7 Å². The van der Waals surface area contributed by atoms with E-state index in [-0.39, 0.29) is 36.0 Å². The molecule has 5 nitrogen and oxygen atoms in total. The van der Waals surface area contributed by atoms with Crippen LogP contribution < -0.4 is 24.0 Å². The van der Waals surface area contributed by atoms with Crippen molar-refractivity contribution in [1.29, 1.82) is 0 Å². The van der Waals surface area contributed by atoms with Gasteiger partial charge in [0.2, 0.25) is 0 Å². The Balaban J connectivity index is 0.00000256. The Morgan fingerprint density at radius 3 is 2.35 bits per heavy atom. The Hall–Kier alpha value is -0.313. The molecule has 0 atom stereocenters. The van der Waals surface area contributed by atoms with Crippen LogP contribution in [0.5, 0.6) is 0 Å². The second-order valence-corrected chi connectivity index (χ2v) is 5.98. The van der Waals surface area contributed by atoms with Crippen LogP contribution in [0.1, 0.15) is 20.8 Å². The van der Waals surface area contributed by atoms with Gasteiger partial charge in [-0.3, -0.25) is 0 Å². The van der Waals surface area contributed by atoms with E-state index in [1.165, 1.54) is 11.8 Å². The molecule has 0 radical (unpaired) electrons. The van der Waals surface area contributed by atoms with Crippen LogP contribution in [0.3, 0.4) is 0 Å².